The van der Waals surface area contributed by atoms with Crippen LogP contribution in [0.3, 0.4) is 0 Å². The molecule has 1 saturated heterocycles. The van der Waals surface area contributed by atoms with Gasteiger partial charge in [-0.25, -0.2) is 4.79 Å². The molecule has 0 radical (unpaired) electrons. The zero-order valence-corrected chi connectivity index (χ0v) is 10.0. The summed E-state index contributed by atoms with van der Waals surface area (Å²) in [7, 11) is 1.35. The van der Waals surface area contributed by atoms with Crippen molar-refractivity contribution < 1.29 is 14.6 Å². The van der Waals surface area contributed by atoms with Crippen molar-refractivity contribution in [3.63, 3.8) is 0 Å². The van der Waals surface area contributed by atoms with Crippen molar-refractivity contribution in [2.45, 2.75) is 19.1 Å². The van der Waals surface area contributed by atoms with E-state index in [0.29, 0.717) is 25.2 Å². The molecule has 0 aromatic carbocycles. The van der Waals surface area contributed by atoms with Gasteiger partial charge in [-0.1, -0.05) is 0 Å². The number of pyridine rings is 1. The molecule has 5 heteroatoms. The van der Waals surface area contributed by atoms with E-state index in [4.69, 9.17) is 0 Å². The number of methoxy groups -OCH3 is 1. The minimum atomic E-state index is -0.564. The van der Waals surface area contributed by atoms with Crippen LogP contribution in [0.15, 0.2) is 18.3 Å². The van der Waals surface area contributed by atoms with E-state index in [-0.39, 0.29) is 5.97 Å². The second-order valence-electron chi connectivity index (χ2n) is 4.67. The first-order valence-electron chi connectivity index (χ1n) is 5.48. The zero-order valence-electron chi connectivity index (χ0n) is 10.0. The molecule has 0 atom stereocenters. The molecular formula is C12H16N2O3. The van der Waals surface area contributed by atoms with E-state index in [0.717, 1.165) is 5.69 Å². The van der Waals surface area contributed by atoms with Crippen LogP contribution in [-0.2, 0) is 11.3 Å². The van der Waals surface area contributed by atoms with Crippen molar-refractivity contribution in [2.24, 2.45) is 0 Å². The number of nitrogens with zero attached hydrogens (tertiary/aromatic N) is 2. The van der Waals surface area contributed by atoms with Gasteiger partial charge in [0.2, 0.25) is 0 Å². The van der Waals surface area contributed by atoms with Gasteiger partial charge in [-0.2, -0.15) is 0 Å². The third-order valence-corrected chi connectivity index (χ3v) is 2.76. The maximum absolute atomic E-state index is 11.2. The Bertz CT molecular complexity index is 406. The lowest BCUT2D eigenvalue weighted by molar-refractivity contribution is -0.0875. The largest absolute Gasteiger partial charge is 0.465 e. The van der Waals surface area contributed by atoms with E-state index >= 15 is 0 Å². The summed E-state index contributed by atoms with van der Waals surface area (Å²) in [6.45, 7) is 3.83. The van der Waals surface area contributed by atoms with Crippen LogP contribution in [0.1, 0.15) is 23.0 Å². The standard InChI is InChI=1S/C12H16N2O3/c1-12(16)7-14(8-12)6-10-4-3-9(5-13-10)11(15)17-2/h3-5,16H,6-8H2,1-2H3. The summed E-state index contributed by atoms with van der Waals surface area (Å²) in [6.07, 6.45) is 1.51. The molecule has 1 fully saturated rings. The number of rotatable bonds is 3. The van der Waals surface area contributed by atoms with Gasteiger partial charge in [0.1, 0.15) is 0 Å². The lowest BCUT2D eigenvalue weighted by atomic mass is 9.97. The molecule has 17 heavy (non-hydrogen) atoms. The normalized spacial score (nSPS) is 18.5. The van der Waals surface area contributed by atoms with Crippen LogP contribution in [0.2, 0.25) is 0 Å². The molecule has 92 valence electrons. The van der Waals surface area contributed by atoms with Crippen LogP contribution in [0, 0.1) is 0 Å². The van der Waals surface area contributed by atoms with Gasteiger partial charge in [0.15, 0.2) is 0 Å². The number of esters is 1. The molecule has 1 aromatic heterocycles. The lowest BCUT2D eigenvalue weighted by Gasteiger charge is -2.44. The summed E-state index contributed by atoms with van der Waals surface area (Å²) in [5.74, 6) is -0.379. The van der Waals surface area contributed by atoms with E-state index in [1.807, 2.05) is 6.92 Å². The zero-order chi connectivity index (χ0) is 12.5. The van der Waals surface area contributed by atoms with Gasteiger partial charge in [0.05, 0.1) is 24.0 Å². The summed E-state index contributed by atoms with van der Waals surface area (Å²) in [4.78, 5) is 17.5. The Morgan fingerprint density at radius 2 is 2.29 bits per heavy atom. The SMILES string of the molecule is COC(=O)c1ccc(CN2CC(C)(O)C2)nc1. The fraction of sp³-hybridized carbons (Fsp3) is 0.500. The highest BCUT2D eigenvalue weighted by atomic mass is 16.5. The number of aliphatic hydroxyl groups is 1. The molecule has 0 aliphatic carbocycles. The van der Waals surface area contributed by atoms with Crippen LogP contribution in [-0.4, -0.2) is 46.8 Å². The summed E-state index contributed by atoms with van der Waals surface area (Å²) in [5.41, 5.74) is 0.770. The number of carbonyl (C=O) groups excluding carboxylic acids is 1. The van der Waals surface area contributed by atoms with Gasteiger partial charge in [0, 0.05) is 25.8 Å². The monoisotopic (exact) mass is 236 g/mol. The average molecular weight is 236 g/mol. The highest BCUT2D eigenvalue weighted by Gasteiger charge is 2.36. The summed E-state index contributed by atoms with van der Waals surface area (Å²) < 4.78 is 4.59. The van der Waals surface area contributed by atoms with Crippen LogP contribution < -0.4 is 0 Å². The lowest BCUT2D eigenvalue weighted by Crippen LogP contribution is -2.59. The fourth-order valence-electron chi connectivity index (χ4n) is 2.01. The Kier molecular flexibility index (Phi) is 3.13. The first-order valence-corrected chi connectivity index (χ1v) is 5.48. The highest BCUT2D eigenvalue weighted by molar-refractivity contribution is 5.88. The van der Waals surface area contributed by atoms with Crippen molar-refractivity contribution in [3.8, 4) is 0 Å². The average Bonchev–Trinajstić information content (AvgIpc) is 2.26. The predicted octanol–water partition coefficient (Wildman–Crippen LogP) is 0.435. The van der Waals surface area contributed by atoms with Crippen LogP contribution in [0.4, 0.5) is 0 Å². The second kappa shape index (κ2) is 4.43. The molecule has 1 aliphatic rings. The number of β-amino-alcohol motifs (C(OH)–C–C–N with tert-alkyl or cyclic N) is 1. The molecule has 1 aliphatic heterocycles. The minimum Gasteiger partial charge on any atom is -0.465 e. The molecule has 0 unspecified atom stereocenters. The number of hydrogen-bond donors (Lipinski definition) is 1. The van der Waals surface area contributed by atoms with Gasteiger partial charge < -0.3 is 9.84 Å². The molecule has 1 N–H and O–H groups in total. The number of hydrogen-bond acceptors (Lipinski definition) is 5. The van der Waals surface area contributed by atoms with E-state index in [9.17, 15) is 9.90 Å². The topological polar surface area (TPSA) is 62.7 Å². The summed E-state index contributed by atoms with van der Waals surface area (Å²) >= 11 is 0. The van der Waals surface area contributed by atoms with Crippen molar-refractivity contribution in [3.05, 3.63) is 29.6 Å². The molecule has 0 saturated carbocycles. The number of likely N-dealkylation sites (tertiary alicyclic amines) is 1. The van der Waals surface area contributed by atoms with Gasteiger partial charge in [0.25, 0.3) is 0 Å². The molecule has 2 rings (SSSR count). The number of carbonyl (C=O) groups is 1. The Labute approximate surface area is 100 Å². The first-order chi connectivity index (χ1) is 8.00. The number of aromatic nitrogens is 1. The maximum Gasteiger partial charge on any atom is 0.339 e. The fourth-order valence-corrected chi connectivity index (χ4v) is 2.01. The quantitative estimate of drug-likeness (QED) is 0.771. The third-order valence-electron chi connectivity index (χ3n) is 2.76. The Morgan fingerprint density at radius 3 is 2.76 bits per heavy atom. The van der Waals surface area contributed by atoms with E-state index in [2.05, 4.69) is 14.6 Å². The molecule has 2 heterocycles. The Hall–Kier alpha value is -1.46. The predicted molar refractivity (Wildman–Crippen MR) is 61.5 cm³/mol. The Morgan fingerprint density at radius 1 is 1.59 bits per heavy atom. The third kappa shape index (κ3) is 2.81. The number of ether oxygens (including phenoxy) is 1. The van der Waals surface area contributed by atoms with Gasteiger partial charge in [-0.15, -0.1) is 0 Å². The second-order valence-corrected chi connectivity index (χ2v) is 4.67. The van der Waals surface area contributed by atoms with Crippen LogP contribution in [0.25, 0.3) is 0 Å². The molecule has 1 aromatic rings. The smallest absolute Gasteiger partial charge is 0.339 e. The Balaban J connectivity index is 1.93. The van der Waals surface area contributed by atoms with Gasteiger partial charge >= 0.3 is 5.97 Å². The van der Waals surface area contributed by atoms with Crippen molar-refractivity contribution >= 4 is 5.97 Å². The minimum absolute atomic E-state index is 0.379. The first kappa shape index (κ1) is 12.0. The molecule has 0 bridgehead atoms. The van der Waals surface area contributed by atoms with Crippen molar-refractivity contribution in [2.75, 3.05) is 20.2 Å². The molecule has 0 spiro atoms. The van der Waals surface area contributed by atoms with Gasteiger partial charge in [-0.05, 0) is 19.1 Å². The van der Waals surface area contributed by atoms with Crippen molar-refractivity contribution in [1.29, 1.82) is 0 Å². The molecular weight excluding hydrogens is 220 g/mol. The van der Waals surface area contributed by atoms with Crippen LogP contribution >= 0.6 is 0 Å². The van der Waals surface area contributed by atoms with Crippen LogP contribution in [0.5, 0.6) is 0 Å². The van der Waals surface area contributed by atoms with E-state index < -0.39 is 5.60 Å². The van der Waals surface area contributed by atoms with Gasteiger partial charge in [-0.3, -0.25) is 9.88 Å². The van der Waals surface area contributed by atoms with E-state index in [1.165, 1.54) is 13.3 Å². The summed E-state index contributed by atoms with van der Waals surface area (Å²) in [5, 5.41) is 9.59. The van der Waals surface area contributed by atoms with E-state index in [1.54, 1.807) is 12.1 Å². The molecule has 0 amide bonds. The maximum atomic E-state index is 11.2. The van der Waals surface area contributed by atoms with Crippen molar-refractivity contribution in [1.82, 2.24) is 9.88 Å². The summed E-state index contributed by atoms with van der Waals surface area (Å²) in [6, 6.07) is 3.51. The highest BCUT2D eigenvalue weighted by Crippen LogP contribution is 2.21. The molecule has 5 nitrogen and oxygen atoms in total.